The standard InChI is InChI=1S/C28H23N2PS/c1-32-28(30-23-14-6-2-7-15-23)27(22-29)31(24-16-8-3-9-17-24,25-18-10-4-11-19-25)26-20-12-5-13-21-26/h2-21H,1H3. The van der Waals surface area contributed by atoms with Gasteiger partial charge in [-0.3, -0.25) is 0 Å². The van der Waals surface area contributed by atoms with Gasteiger partial charge in [0.15, 0.2) is 0 Å². The highest BCUT2D eigenvalue weighted by Gasteiger charge is 2.32. The van der Waals surface area contributed by atoms with Gasteiger partial charge in [0.05, 0.1) is 11.0 Å². The van der Waals surface area contributed by atoms with E-state index in [1.54, 1.807) is 0 Å². The molecule has 0 radical (unpaired) electrons. The third-order valence-corrected chi connectivity index (χ3v) is 10.3. The lowest BCUT2D eigenvalue weighted by atomic mass is 10.3. The Kier molecular flexibility index (Phi) is 7.07. The van der Waals surface area contributed by atoms with Gasteiger partial charge in [0, 0.05) is 0 Å². The van der Waals surface area contributed by atoms with E-state index in [-0.39, 0.29) is 0 Å². The number of benzene rings is 4. The van der Waals surface area contributed by atoms with E-state index in [0.29, 0.717) is 0 Å². The largest absolute Gasteiger partial charge is 0.241 e. The summed E-state index contributed by atoms with van der Waals surface area (Å²) in [6, 6.07) is 43.7. The van der Waals surface area contributed by atoms with E-state index < -0.39 is 6.89 Å². The van der Waals surface area contributed by atoms with Crippen molar-refractivity contribution in [2.75, 3.05) is 6.26 Å². The van der Waals surface area contributed by atoms with E-state index in [1.165, 1.54) is 11.8 Å². The Balaban J connectivity index is 2.21. The van der Waals surface area contributed by atoms with Crippen molar-refractivity contribution in [1.82, 2.24) is 0 Å². The fourth-order valence-corrected chi connectivity index (χ4v) is 9.00. The number of hydrogen-bond donors (Lipinski definition) is 0. The maximum atomic E-state index is 10.7. The summed E-state index contributed by atoms with van der Waals surface area (Å²) in [7, 11) is 0. The summed E-state index contributed by atoms with van der Waals surface area (Å²) in [6.07, 6.45) is 1.99. The molecule has 0 aliphatic rings. The van der Waals surface area contributed by atoms with Gasteiger partial charge in [-0.15, -0.1) is 11.8 Å². The molecule has 4 heteroatoms. The second-order valence-electron chi connectivity index (χ2n) is 7.09. The summed E-state index contributed by atoms with van der Waals surface area (Å²) in [6.45, 7) is -2.47. The van der Waals surface area contributed by atoms with Gasteiger partial charge < -0.3 is 0 Å². The smallest absolute Gasteiger partial charge is 0.115 e. The van der Waals surface area contributed by atoms with Crippen LogP contribution in [0.4, 0.5) is 5.69 Å². The van der Waals surface area contributed by atoms with Crippen LogP contribution >= 0.6 is 18.6 Å². The Hall–Kier alpha value is -3.31. The summed E-state index contributed by atoms with van der Waals surface area (Å²) in [4.78, 5) is 4.94. The molecule has 2 nitrogen and oxygen atoms in total. The lowest BCUT2D eigenvalue weighted by Gasteiger charge is -2.30. The van der Waals surface area contributed by atoms with Gasteiger partial charge in [-0.1, -0.05) is 109 Å². The average Bonchev–Trinajstić information content (AvgIpc) is 2.88. The number of nitrogens with zero attached hydrogens (tertiary/aromatic N) is 2. The summed E-state index contributed by atoms with van der Waals surface area (Å²) >= 11 is 1.53. The molecule has 0 saturated heterocycles. The molecule has 0 aliphatic carbocycles. The van der Waals surface area contributed by atoms with Crippen molar-refractivity contribution in [2.24, 2.45) is 4.99 Å². The average molecular weight is 451 g/mol. The van der Waals surface area contributed by atoms with Gasteiger partial charge in [-0.05, 0) is 41.2 Å². The molecule has 0 aromatic heterocycles. The van der Waals surface area contributed by atoms with Crippen molar-refractivity contribution in [3.63, 3.8) is 0 Å². The highest BCUT2D eigenvalue weighted by molar-refractivity contribution is 8.17. The summed E-state index contributed by atoms with van der Waals surface area (Å²) in [5, 5.41) is 15.6. The molecule has 0 amide bonds. The minimum absolute atomic E-state index is 0.720. The van der Waals surface area contributed by atoms with Gasteiger partial charge >= 0.3 is 0 Å². The predicted molar refractivity (Wildman–Crippen MR) is 143 cm³/mol. The fourth-order valence-electron chi connectivity index (χ4n) is 3.87. The van der Waals surface area contributed by atoms with Crippen molar-refractivity contribution >= 4 is 50.6 Å². The van der Waals surface area contributed by atoms with Crippen molar-refractivity contribution in [3.8, 4) is 6.07 Å². The van der Waals surface area contributed by atoms with Crippen LogP contribution in [0.15, 0.2) is 126 Å². The molecule has 0 saturated carbocycles. The van der Waals surface area contributed by atoms with E-state index in [4.69, 9.17) is 4.99 Å². The normalized spacial score (nSPS) is 11.6. The molecule has 0 aliphatic heterocycles. The van der Waals surface area contributed by atoms with E-state index in [0.717, 1.165) is 31.9 Å². The Morgan fingerprint density at radius 3 is 1.38 bits per heavy atom. The van der Waals surface area contributed by atoms with Crippen molar-refractivity contribution < 1.29 is 0 Å². The summed E-state index contributed by atoms with van der Waals surface area (Å²) < 4.78 is 0. The highest BCUT2D eigenvalue weighted by atomic mass is 32.2. The second kappa shape index (κ2) is 10.3. The highest BCUT2D eigenvalue weighted by Crippen LogP contribution is 2.47. The van der Waals surface area contributed by atoms with Crippen LogP contribution in [0.3, 0.4) is 0 Å². The van der Waals surface area contributed by atoms with Gasteiger partial charge in [0.25, 0.3) is 0 Å². The van der Waals surface area contributed by atoms with Crippen LogP contribution in [0.5, 0.6) is 0 Å². The van der Waals surface area contributed by atoms with Crippen molar-refractivity contribution in [1.29, 1.82) is 5.26 Å². The van der Waals surface area contributed by atoms with Gasteiger partial charge in [-0.2, -0.15) is 5.26 Å². The van der Waals surface area contributed by atoms with Crippen molar-refractivity contribution in [3.05, 3.63) is 121 Å². The van der Waals surface area contributed by atoms with Crippen LogP contribution in [0.2, 0.25) is 0 Å². The lowest BCUT2D eigenvalue weighted by Crippen LogP contribution is -2.32. The lowest BCUT2D eigenvalue weighted by molar-refractivity contribution is 1.54. The van der Waals surface area contributed by atoms with Gasteiger partial charge in [0.1, 0.15) is 11.1 Å². The molecule has 0 N–H and O–H groups in total. The summed E-state index contributed by atoms with van der Waals surface area (Å²) in [5.41, 5.74) is 0.844. The number of rotatable bonds is 5. The number of thioether (sulfide) groups is 1. The maximum Gasteiger partial charge on any atom is 0.115 e. The van der Waals surface area contributed by atoms with Crippen LogP contribution < -0.4 is 15.9 Å². The molecule has 4 aromatic rings. The number of para-hydroxylation sites is 1. The zero-order valence-electron chi connectivity index (χ0n) is 17.8. The Morgan fingerprint density at radius 2 is 1.03 bits per heavy atom. The van der Waals surface area contributed by atoms with E-state index >= 15 is 0 Å². The number of aliphatic imine (C=N–C) groups is 1. The molecule has 0 heterocycles. The van der Waals surface area contributed by atoms with E-state index in [2.05, 4.69) is 78.9 Å². The van der Waals surface area contributed by atoms with Gasteiger partial charge in [-0.25, -0.2) is 4.99 Å². The van der Waals surface area contributed by atoms with Gasteiger partial charge in [0.2, 0.25) is 0 Å². The molecule has 0 unspecified atom stereocenters. The van der Waals surface area contributed by atoms with Crippen LogP contribution in [0.1, 0.15) is 0 Å². The molecule has 0 fully saturated rings. The molecule has 4 rings (SSSR count). The first-order valence-corrected chi connectivity index (χ1v) is 13.3. The third kappa shape index (κ3) is 4.21. The molecule has 0 atom stereocenters. The van der Waals surface area contributed by atoms with Crippen molar-refractivity contribution in [2.45, 2.75) is 0 Å². The fraction of sp³-hybridized carbons (Fsp3) is 0.0357. The van der Waals surface area contributed by atoms with E-state index in [1.807, 2.05) is 54.8 Å². The first-order chi connectivity index (χ1) is 15.8. The quantitative estimate of drug-likeness (QED) is 0.220. The number of hydrogen-bond acceptors (Lipinski definition) is 3. The van der Waals surface area contributed by atoms with Crippen LogP contribution in [0.25, 0.3) is 0 Å². The number of nitriles is 1. The SMILES string of the molecule is CSC(=Nc1ccccc1)C(C#N)=P(c1ccccc1)(c1ccccc1)c1ccccc1. The molecule has 0 bridgehead atoms. The van der Waals surface area contributed by atoms with E-state index in [9.17, 15) is 5.26 Å². The minimum Gasteiger partial charge on any atom is -0.241 e. The Morgan fingerprint density at radius 1 is 0.656 bits per heavy atom. The maximum absolute atomic E-state index is 10.7. The first kappa shape index (κ1) is 21.9. The Labute approximate surface area is 194 Å². The van der Waals surface area contributed by atoms with Crippen LogP contribution in [-0.4, -0.2) is 16.6 Å². The summed E-state index contributed by atoms with van der Waals surface area (Å²) in [5.74, 6) is 0. The van der Waals surface area contributed by atoms with Crippen LogP contribution in [0, 0.1) is 11.3 Å². The van der Waals surface area contributed by atoms with Crippen LogP contribution in [-0.2, 0) is 0 Å². The Bertz CT molecular complexity index is 1190. The molecular weight excluding hydrogens is 427 g/mol. The first-order valence-electron chi connectivity index (χ1n) is 10.3. The predicted octanol–water partition coefficient (Wildman–Crippen LogP) is 5.77. The zero-order chi connectivity index (χ0) is 22.2. The third-order valence-electron chi connectivity index (χ3n) is 5.25. The molecule has 156 valence electrons. The zero-order valence-corrected chi connectivity index (χ0v) is 19.5. The molecule has 4 aromatic carbocycles. The molecular formula is C28H23N2PS. The molecule has 32 heavy (non-hydrogen) atoms. The molecule has 0 spiro atoms. The monoisotopic (exact) mass is 450 g/mol. The topological polar surface area (TPSA) is 36.1 Å². The minimum atomic E-state index is -2.47. The second-order valence-corrected chi connectivity index (χ2v) is 11.2.